The molecule has 0 saturated carbocycles. The van der Waals surface area contributed by atoms with Crippen LogP contribution in [0.15, 0.2) is 24.7 Å². The zero-order valence-corrected chi connectivity index (χ0v) is 10.00. The lowest BCUT2D eigenvalue weighted by Gasteiger charge is -2.03. The van der Waals surface area contributed by atoms with Crippen LogP contribution in [-0.2, 0) is 20.1 Å². The first kappa shape index (κ1) is 12.2. The molecule has 2 aromatic rings. The molecule has 0 aliphatic carbocycles. The van der Waals surface area contributed by atoms with Crippen molar-refractivity contribution in [2.24, 2.45) is 12.8 Å². The van der Waals surface area contributed by atoms with Crippen molar-refractivity contribution in [3.8, 4) is 0 Å². The van der Waals surface area contributed by atoms with Crippen LogP contribution in [0.25, 0.3) is 0 Å². The topological polar surface area (TPSA) is 98.7 Å². The molecule has 7 heteroatoms. The van der Waals surface area contributed by atoms with Crippen molar-refractivity contribution in [2.45, 2.75) is 13.1 Å². The Kier molecular flexibility index (Phi) is 3.63. The first-order valence-electron chi connectivity index (χ1n) is 5.47. The highest BCUT2D eigenvalue weighted by molar-refractivity contribution is 5.94. The summed E-state index contributed by atoms with van der Waals surface area (Å²) in [4.78, 5) is 19.9. The number of carbonyl (C=O) groups is 1. The Balaban J connectivity index is 1.99. The largest absolute Gasteiger partial charge is 0.345 e. The number of rotatable bonds is 4. The molecule has 0 aliphatic rings. The monoisotopic (exact) mass is 246 g/mol. The Hall–Kier alpha value is -2.28. The Bertz CT molecular complexity index is 550. The van der Waals surface area contributed by atoms with Crippen molar-refractivity contribution in [2.75, 3.05) is 0 Å². The second-order valence-electron chi connectivity index (χ2n) is 3.76. The highest BCUT2D eigenvalue weighted by atomic mass is 16.1. The zero-order chi connectivity index (χ0) is 13.0. The molecule has 2 heterocycles. The molecule has 7 nitrogen and oxygen atoms in total. The maximum Gasteiger partial charge on any atom is 0.251 e. The van der Waals surface area contributed by atoms with Gasteiger partial charge in [-0.1, -0.05) is 0 Å². The average Bonchev–Trinajstić information content (AvgIpc) is 2.82. The number of aryl methyl sites for hydroxylation is 1. The van der Waals surface area contributed by atoms with E-state index in [1.807, 2.05) is 0 Å². The van der Waals surface area contributed by atoms with Crippen molar-refractivity contribution >= 4 is 5.91 Å². The van der Waals surface area contributed by atoms with Gasteiger partial charge in [0.15, 0.2) is 5.82 Å². The number of pyridine rings is 1. The summed E-state index contributed by atoms with van der Waals surface area (Å²) in [6.07, 6.45) is 3.15. The van der Waals surface area contributed by atoms with Gasteiger partial charge < -0.3 is 11.1 Å². The van der Waals surface area contributed by atoms with Gasteiger partial charge in [-0.15, -0.1) is 0 Å². The molecule has 0 bridgehead atoms. The van der Waals surface area contributed by atoms with Crippen LogP contribution in [0.2, 0.25) is 0 Å². The molecule has 0 saturated heterocycles. The van der Waals surface area contributed by atoms with Crippen molar-refractivity contribution in [1.82, 2.24) is 25.1 Å². The Labute approximate surface area is 104 Å². The highest BCUT2D eigenvalue weighted by Crippen LogP contribution is 2.01. The second kappa shape index (κ2) is 5.37. The van der Waals surface area contributed by atoms with E-state index in [2.05, 4.69) is 20.4 Å². The predicted octanol–water partition coefficient (Wildman–Crippen LogP) is -0.401. The van der Waals surface area contributed by atoms with Gasteiger partial charge in [-0.05, 0) is 12.1 Å². The molecule has 0 fully saturated rings. The predicted molar refractivity (Wildman–Crippen MR) is 64.3 cm³/mol. The molecule has 18 heavy (non-hydrogen) atoms. The Morgan fingerprint density at radius 1 is 1.50 bits per heavy atom. The molecule has 0 unspecified atom stereocenters. The van der Waals surface area contributed by atoms with Crippen molar-refractivity contribution in [3.05, 3.63) is 41.7 Å². The van der Waals surface area contributed by atoms with Gasteiger partial charge in [0.2, 0.25) is 0 Å². The normalized spacial score (nSPS) is 10.3. The van der Waals surface area contributed by atoms with E-state index < -0.39 is 0 Å². The van der Waals surface area contributed by atoms with Gasteiger partial charge in [-0.25, -0.2) is 4.98 Å². The van der Waals surface area contributed by atoms with E-state index in [9.17, 15) is 4.79 Å². The van der Waals surface area contributed by atoms with Gasteiger partial charge in [0.1, 0.15) is 6.33 Å². The molecule has 0 aromatic carbocycles. The number of hydrogen-bond donors (Lipinski definition) is 2. The van der Waals surface area contributed by atoms with E-state index in [0.717, 1.165) is 0 Å². The Morgan fingerprint density at radius 2 is 2.33 bits per heavy atom. The Morgan fingerprint density at radius 3 is 3.00 bits per heavy atom. The minimum absolute atomic E-state index is 0.195. The lowest BCUT2D eigenvalue weighted by molar-refractivity contribution is 0.0949. The van der Waals surface area contributed by atoms with E-state index in [1.165, 1.54) is 0 Å². The van der Waals surface area contributed by atoms with Crippen LogP contribution in [0.1, 0.15) is 21.9 Å². The van der Waals surface area contributed by atoms with Gasteiger partial charge in [0.05, 0.1) is 12.2 Å². The van der Waals surface area contributed by atoms with E-state index in [4.69, 9.17) is 5.73 Å². The summed E-state index contributed by atoms with van der Waals surface area (Å²) in [5.41, 5.74) is 6.68. The number of amides is 1. The molecular weight excluding hydrogens is 232 g/mol. The van der Waals surface area contributed by atoms with Gasteiger partial charge in [0.25, 0.3) is 5.91 Å². The maximum absolute atomic E-state index is 11.9. The third kappa shape index (κ3) is 2.89. The van der Waals surface area contributed by atoms with Crippen LogP contribution in [0.3, 0.4) is 0 Å². The molecule has 0 atom stereocenters. The summed E-state index contributed by atoms with van der Waals surface area (Å²) in [5.74, 6) is 0.374. The standard InChI is InChI=1S/C11H14N6O/c1-17-7-15-10(16-17)6-14-11(18)8-2-3-13-9(4-8)5-12/h2-4,7H,5-6,12H2,1H3,(H,14,18). The molecule has 1 amide bonds. The summed E-state index contributed by atoms with van der Waals surface area (Å²) in [6, 6.07) is 3.31. The van der Waals surface area contributed by atoms with E-state index in [1.54, 1.807) is 36.4 Å². The highest BCUT2D eigenvalue weighted by Gasteiger charge is 2.07. The van der Waals surface area contributed by atoms with Gasteiger partial charge in [-0.3, -0.25) is 14.5 Å². The number of carbonyl (C=O) groups excluding carboxylic acids is 1. The fraction of sp³-hybridized carbons (Fsp3) is 0.273. The number of nitrogens with two attached hydrogens (primary N) is 1. The molecule has 2 aromatic heterocycles. The summed E-state index contributed by atoms with van der Waals surface area (Å²) < 4.78 is 1.58. The number of nitrogens with zero attached hydrogens (tertiary/aromatic N) is 4. The van der Waals surface area contributed by atoms with Gasteiger partial charge >= 0.3 is 0 Å². The summed E-state index contributed by atoms with van der Waals surface area (Å²) in [6.45, 7) is 0.600. The smallest absolute Gasteiger partial charge is 0.251 e. The van der Waals surface area contributed by atoms with E-state index in [0.29, 0.717) is 30.2 Å². The quantitative estimate of drug-likeness (QED) is 0.764. The molecular formula is C11H14N6O. The van der Waals surface area contributed by atoms with Crippen LogP contribution in [-0.4, -0.2) is 25.7 Å². The van der Waals surface area contributed by atoms with Crippen LogP contribution < -0.4 is 11.1 Å². The zero-order valence-electron chi connectivity index (χ0n) is 10.00. The van der Waals surface area contributed by atoms with Gasteiger partial charge in [0, 0.05) is 25.4 Å². The molecule has 2 rings (SSSR count). The van der Waals surface area contributed by atoms with Gasteiger partial charge in [-0.2, -0.15) is 5.10 Å². The van der Waals surface area contributed by atoms with Crippen LogP contribution >= 0.6 is 0 Å². The molecule has 94 valence electrons. The molecule has 0 spiro atoms. The van der Waals surface area contributed by atoms with E-state index in [-0.39, 0.29) is 5.91 Å². The number of hydrogen-bond acceptors (Lipinski definition) is 5. The minimum Gasteiger partial charge on any atom is -0.345 e. The third-order valence-corrected chi connectivity index (χ3v) is 2.34. The fourth-order valence-corrected chi connectivity index (χ4v) is 1.46. The summed E-state index contributed by atoms with van der Waals surface area (Å²) in [5, 5.41) is 6.80. The van der Waals surface area contributed by atoms with E-state index >= 15 is 0 Å². The van der Waals surface area contributed by atoms with Crippen molar-refractivity contribution in [1.29, 1.82) is 0 Å². The van der Waals surface area contributed by atoms with Crippen LogP contribution in [0.5, 0.6) is 0 Å². The number of aromatic nitrogens is 4. The summed E-state index contributed by atoms with van der Waals surface area (Å²) in [7, 11) is 1.77. The van der Waals surface area contributed by atoms with Crippen LogP contribution in [0.4, 0.5) is 0 Å². The second-order valence-corrected chi connectivity index (χ2v) is 3.76. The summed E-state index contributed by atoms with van der Waals surface area (Å²) >= 11 is 0. The first-order chi connectivity index (χ1) is 8.69. The molecule has 0 radical (unpaired) electrons. The lowest BCUT2D eigenvalue weighted by Crippen LogP contribution is -2.23. The molecule has 0 aliphatic heterocycles. The van der Waals surface area contributed by atoms with Crippen molar-refractivity contribution in [3.63, 3.8) is 0 Å². The van der Waals surface area contributed by atoms with Crippen LogP contribution in [0, 0.1) is 0 Å². The molecule has 3 N–H and O–H groups in total. The van der Waals surface area contributed by atoms with Crippen molar-refractivity contribution < 1.29 is 4.79 Å². The minimum atomic E-state index is -0.195. The first-order valence-corrected chi connectivity index (χ1v) is 5.47. The third-order valence-electron chi connectivity index (χ3n) is 2.34. The fourth-order valence-electron chi connectivity index (χ4n) is 1.46. The lowest BCUT2D eigenvalue weighted by atomic mass is 10.2. The maximum atomic E-state index is 11.9. The average molecular weight is 246 g/mol. The SMILES string of the molecule is Cn1cnc(CNC(=O)c2ccnc(CN)c2)n1. The number of nitrogens with one attached hydrogen (secondary N) is 1.